The highest BCUT2D eigenvalue weighted by atomic mass is 35.5. The third-order valence-corrected chi connectivity index (χ3v) is 3.41. The largest absolute Gasteiger partial charge is 0.496 e. The van der Waals surface area contributed by atoms with Gasteiger partial charge >= 0.3 is 0 Å². The zero-order valence-corrected chi connectivity index (χ0v) is 10.3. The third kappa shape index (κ3) is 2.89. The Bertz CT molecular complexity index is 363. The molecule has 16 heavy (non-hydrogen) atoms. The molecular formula is C13H18ClNO. The molecule has 1 saturated carbocycles. The quantitative estimate of drug-likeness (QED) is 0.853. The van der Waals surface area contributed by atoms with Crippen molar-refractivity contribution in [1.82, 2.24) is 0 Å². The van der Waals surface area contributed by atoms with Gasteiger partial charge in [0.05, 0.1) is 7.11 Å². The minimum atomic E-state index is 0.0363. The molecule has 0 aliphatic heterocycles. The van der Waals surface area contributed by atoms with Crippen LogP contribution >= 0.6 is 11.6 Å². The van der Waals surface area contributed by atoms with E-state index in [1.54, 1.807) is 7.11 Å². The number of benzene rings is 1. The second-order valence-electron chi connectivity index (χ2n) is 4.51. The lowest BCUT2D eigenvalue weighted by molar-refractivity contribution is 0.403. The van der Waals surface area contributed by atoms with Gasteiger partial charge in [0.2, 0.25) is 0 Å². The zero-order chi connectivity index (χ0) is 11.5. The van der Waals surface area contributed by atoms with E-state index in [-0.39, 0.29) is 6.04 Å². The van der Waals surface area contributed by atoms with Gasteiger partial charge in [0, 0.05) is 16.6 Å². The van der Waals surface area contributed by atoms with E-state index in [9.17, 15) is 0 Å². The molecule has 2 nitrogen and oxygen atoms in total. The van der Waals surface area contributed by atoms with E-state index in [2.05, 4.69) is 0 Å². The van der Waals surface area contributed by atoms with Gasteiger partial charge in [-0.3, -0.25) is 0 Å². The zero-order valence-electron chi connectivity index (χ0n) is 9.58. The third-order valence-electron chi connectivity index (χ3n) is 3.17. The molecule has 0 spiro atoms. The van der Waals surface area contributed by atoms with Gasteiger partial charge in [-0.05, 0) is 37.0 Å². The first kappa shape index (κ1) is 11.7. The monoisotopic (exact) mass is 239 g/mol. The van der Waals surface area contributed by atoms with Gasteiger partial charge in [0.25, 0.3) is 0 Å². The Labute approximate surface area is 102 Å². The highest BCUT2D eigenvalue weighted by molar-refractivity contribution is 6.30. The Morgan fingerprint density at radius 3 is 2.88 bits per heavy atom. The molecule has 1 unspecified atom stereocenters. The fourth-order valence-corrected chi connectivity index (χ4v) is 2.15. The number of nitrogens with two attached hydrogens (primary N) is 1. The molecule has 0 bridgehead atoms. The van der Waals surface area contributed by atoms with Gasteiger partial charge in [-0.15, -0.1) is 0 Å². The molecule has 1 aliphatic carbocycles. The summed E-state index contributed by atoms with van der Waals surface area (Å²) in [6, 6.07) is 5.67. The van der Waals surface area contributed by atoms with Crippen LogP contribution in [0.2, 0.25) is 5.02 Å². The van der Waals surface area contributed by atoms with E-state index in [4.69, 9.17) is 22.1 Å². The van der Waals surface area contributed by atoms with Crippen molar-refractivity contribution in [3.8, 4) is 5.75 Å². The Kier molecular flexibility index (Phi) is 3.72. The minimum absolute atomic E-state index is 0.0363. The van der Waals surface area contributed by atoms with Gasteiger partial charge in [-0.25, -0.2) is 0 Å². The normalized spacial score (nSPS) is 17.2. The van der Waals surface area contributed by atoms with Gasteiger partial charge in [-0.1, -0.05) is 24.4 Å². The van der Waals surface area contributed by atoms with Crippen LogP contribution in [0.25, 0.3) is 0 Å². The minimum Gasteiger partial charge on any atom is -0.496 e. The van der Waals surface area contributed by atoms with Crippen LogP contribution in [-0.4, -0.2) is 7.11 Å². The molecule has 2 N–H and O–H groups in total. The van der Waals surface area contributed by atoms with E-state index in [0.29, 0.717) is 0 Å². The van der Waals surface area contributed by atoms with E-state index in [0.717, 1.165) is 28.7 Å². The topological polar surface area (TPSA) is 35.2 Å². The van der Waals surface area contributed by atoms with Crippen molar-refractivity contribution in [1.29, 1.82) is 0 Å². The summed E-state index contributed by atoms with van der Waals surface area (Å²) < 4.78 is 5.31. The maximum Gasteiger partial charge on any atom is 0.123 e. The maximum atomic E-state index is 6.18. The summed E-state index contributed by atoms with van der Waals surface area (Å²) in [5, 5.41) is 0.720. The molecule has 1 aromatic carbocycles. The Hall–Kier alpha value is -0.730. The standard InChI is InChI=1S/C13H18ClNO/c1-16-13-7-5-10(14)8-11(13)12(15)6-4-9-2-3-9/h5,7-9,12H,2-4,6,15H2,1H3. The smallest absolute Gasteiger partial charge is 0.123 e. The summed E-state index contributed by atoms with van der Waals surface area (Å²) >= 11 is 5.98. The highest BCUT2D eigenvalue weighted by Gasteiger charge is 2.22. The first-order valence-electron chi connectivity index (χ1n) is 5.79. The number of hydrogen-bond donors (Lipinski definition) is 1. The predicted molar refractivity (Wildman–Crippen MR) is 66.9 cm³/mol. The molecule has 0 radical (unpaired) electrons. The molecule has 0 amide bonds. The van der Waals surface area contributed by atoms with Crippen molar-refractivity contribution in [2.45, 2.75) is 31.7 Å². The molecule has 88 valence electrons. The van der Waals surface area contributed by atoms with Crippen LogP contribution in [0, 0.1) is 5.92 Å². The van der Waals surface area contributed by atoms with Gasteiger partial charge in [0.15, 0.2) is 0 Å². The van der Waals surface area contributed by atoms with Gasteiger partial charge in [-0.2, -0.15) is 0 Å². The van der Waals surface area contributed by atoms with Crippen LogP contribution in [0.15, 0.2) is 18.2 Å². The number of halogens is 1. The molecule has 2 rings (SSSR count). The highest BCUT2D eigenvalue weighted by Crippen LogP contribution is 2.37. The fourth-order valence-electron chi connectivity index (χ4n) is 1.97. The summed E-state index contributed by atoms with van der Waals surface area (Å²) in [6.07, 6.45) is 4.98. The Morgan fingerprint density at radius 1 is 1.50 bits per heavy atom. The lowest BCUT2D eigenvalue weighted by Crippen LogP contribution is -2.11. The Balaban J connectivity index is 2.06. The first-order valence-corrected chi connectivity index (χ1v) is 6.17. The van der Waals surface area contributed by atoms with E-state index in [1.165, 1.54) is 19.3 Å². The molecule has 0 saturated heterocycles. The molecule has 3 heteroatoms. The van der Waals surface area contributed by atoms with Crippen molar-refractivity contribution in [3.05, 3.63) is 28.8 Å². The number of rotatable bonds is 5. The van der Waals surface area contributed by atoms with Crippen molar-refractivity contribution in [2.24, 2.45) is 11.7 Å². The molecule has 0 heterocycles. The first-order chi connectivity index (χ1) is 7.70. The van der Waals surface area contributed by atoms with E-state index in [1.807, 2.05) is 18.2 Å². The second-order valence-corrected chi connectivity index (χ2v) is 4.95. The van der Waals surface area contributed by atoms with Crippen molar-refractivity contribution >= 4 is 11.6 Å². The van der Waals surface area contributed by atoms with Crippen LogP contribution < -0.4 is 10.5 Å². The summed E-state index contributed by atoms with van der Waals surface area (Å²) in [5.74, 6) is 1.75. The van der Waals surface area contributed by atoms with E-state index >= 15 is 0 Å². The number of hydrogen-bond acceptors (Lipinski definition) is 2. The van der Waals surface area contributed by atoms with Gasteiger partial charge in [0.1, 0.15) is 5.75 Å². The SMILES string of the molecule is COc1ccc(Cl)cc1C(N)CCC1CC1. The lowest BCUT2D eigenvalue weighted by atomic mass is 10.0. The van der Waals surface area contributed by atoms with Crippen molar-refractivity contribution < 1.29 is 4.74 Å². The van der Waals surface area contributed by atoms with Gasteiger partial charge < -0.3 is 10.5 Å². The summed E-state index contributed by atoms with van der Waals surface area (Å²) in [4.78, 5) is 0. The average molecular weight is 240 g/mol. The molecule has 0 aromatic heterocycles. The summed E-state index contributed by atoms with van der Waals surface area (Å²) in [7, 11) is 1.67. The Morgan fingerprint density at radius 2 is 2.25 bits per heavy atom. The fraction of sp³-hybridized carbons (Fsp3) is 0.538. The summed E-state index contributed by atoms with van der Waals surface area (Å²) in [5.41, 5.74) is 7.20. The molecule has 1 fully saturated rings. The van der Waals surface area contributed by atoms with Crippen molar-refractivity contribution in [3.63, 3.8) is 0 Å². The molecule has 1 aromatic rings. The number of ether oxygens (including phenoxy) is 1. The van der Waals surface area contributed by atoms with Crippen LogP contribution in [0.1, 0.15) is 37.3 Å². The average Bonchev–Trinajstić information content (AvgIpc) is 3.09. The van der Waals surface area contributed by atoms with Crippen LogP contribution in [0.3, 0.4) is 0 Å². The predicted octanol–water partition coefficient (Wildman–Crippen LogP) is 3.54. The van der Waals surface area contributed by atoms with Crippen LogP contribution in [-0.2, 0) is 0 Å². The second kappa shape index (κ2) is 5.07. The van der Waals surface area contributed by atoms with Crippen molar-refractivity contribution in [2.75, 3.05) is 7.11 Å². The van der Waals surface area contributed by atoms with E-state index < -0.39 is 0 Å². The lowest BCUT2D eigenvalue weighted by Gasteiger charge is -2.15. The van der Waals surface area contributed by atoms with Crippen LogP contribution in [0.4, 0.5) is 0 Å². The molecule has 1 aliphatic rings. The molecule has 1 atom stereocenters. The van der Waals surface area contributed by atoms with Crippen LogP contribution in [0.5, 0.6) is 5.75 Å². The summed E-state index contributed by atoms with van der Waals surface area (Å²) in [6.45, 7) is 0. The molecular weight excluding hydrogens is 222 g/mol. The maximum absolute atomic E-state index is 6.18. The number of methoxy groups -OCH3 is 1.